The van der Waals surface area contributed by atoms with E-state index in [0.29, 0.717) is 25.0 Å². The van der Waals surface area contributed by atoms with E-state index in [1.54, 1.807) is 19.3 Å². The summed E-state index contributed by atoms with van der Waals surface area (Å²) in [5.74, 6) is -2.38. The highest BCUT2D eigenvalue weighted by atomic mass is 19.1. The third-order valence-electron chi connectivity index (χ3n) is 7.16. The highest BCUT2D eigenvalue weighted by molar-refractivity contribution is 6.38. The van der Waals surface area contributed by atoms with Crippen molar-refractivity contribution >= 4 is 29.4 Å². The zero-order valence-corrected chi connectivity index (χ0v) is 28.7. The van der Waals surface area contributed by atoms with E-state index < -0.39 is 35.1 Å². The van der Waals surface area contributed by atoms with Gasteiger partial charge in [-0.3, -0.25) is 14.4 Å². The van der Waals surface area contributed by atoms with Crippen molar-refractivity contribution in [2.75, 3.05) is 19.8 Å². The summed E-state index contributed by atoms with van der Waals surface area (Å²) in [5.41, 5.74) is -0.354. The summed E-state index contributed by atoms with van der Waals surface area (Å²) in [5, 5.41) is 9.20. The van der Waals surface area contributed by atoms with Gasteiger partial charge in [0.1, 0.15) is 36.6 Å². The molecule has 1 aliphatic rings. The molecule has 0 spiro atoms. The third kappa shape index (κ3) is 14.4. The first-order valence-corrected chi connectivity index (χ1v) is 16.1. The zero-order chi connectivity index (χ0) is 35.6. The maximum absolute atomic E-state index is 13.6. The first-order chi connectivity index (χ1) is 22.2. The topological polar surface area (TPSA) is 140 Å². The molecule has 0 bridgehead atoms. The molecule has 1 amide bonds. The molecule has 1 fully saturated rings. The van der Waals surface area contributed by atoms with Gasteiger partial charge in [-0.15, -0.1) is 0 Å². The minimum atomic E-state index is -1.21. The Hall–Kier alpha value is -4.28. The van der Waals surface area contributed by atoms with Crippen LogP contribution in [0.25, 0.3) is 0 Å². The number of benzene rings is 1. The molecule has 1 aromatic carbocycles. The van der Waals surface area contributed by atoms with Gasteiger partial charge in [-0.2, -0.15) is 0 Å². The Morgan fingerprint density at radius 2 is 1.81 bits per heavy atom. The molecule has 1 aromatic heterocycles. The smallest absolute Gasteiger partial charge is 0.330 e. The van der Waals surface area contributed by atoms with Gasteiger partial charge in [0.25, 0.3) is 5.91 Å². The number of hydrogen-bond donors (Lipinski definition) is 1. The lowest BCUT2D eigenvalue weighted by Crippen LogP contribution is -2.53. The summed E-state index contributed by atoms with van der Waals surface area (Å²) in [6, 6.07) is 7.41. The highest BCUT2D eigenvalue weighted by Crippen LogP contribution is 2.24. The number of Topliss-reactive ketones (excluding diaryl/α,β-unsaturated/α-hetero) is 2. The Bertz CT molecular complexity index is 1330. The molecule has 1 saturated heterocycles. The number of carboxylic acids is 1. The number of piperidine rings is 1. The average molecular weight is 660 g/mol. The monoisotopic (exact) mass is 659 g/mol. The van der Waals surface area contributed by atoms with E-state index in [4.69, 9.17) is 13.9 Å². The fourth-order valence-corrected chi connectivity index (χ4v) is 4.44. The van der Waals surface area contributed by atoms with Crippen LogP contribution >= 0.6 is 0 Å². The third-order valence-corrected chi connectivity index (χ3v) is 7.16. The quantitative estimate of drug-likeness (QED) is 0.139. The fourth-order valence-electron chi connectivity index (χ4n) is 4.44. The molecule has 1 unspecified atom stereocenters. The molecule has 0 saturated carbocycles. The van der Waals surface area contributed by atoms with Crippen molar-refractivity contribution < 1.29 is 47.4 Å². The number of likely N-dealkylation sites (tertiary alicyclic amines) is 1. The number of aryl methyl sites for hydroxylation is 2. The lowest BCUT2D eigenvalue weighted by atomic mass is 9.87. The molecule has 0 radical (unpaired) electrons. The van der Waals surface area contributed by atoms with Crippen molar-refractivity contribution in [2.24, 2.45) is 11.3 Å². The molecular weight excluding hydrogens is 609 g/mol. The first kappa shape index (κ1) is 40.7. The van der Waals surface area contributed by atoms with E-state index in [0.717, 1.165) is 35.5 Å². The Labute approximate surface area is 277 Å². The van der Waals surface area contributed by atoms with Gasteiger partial charge in [0.05, 0.1) is 11.7 Å². The number of allylic oxidation sites excluding steroid dienone is 1. The number of carbonyl (C=O) groups excluding carboxylic acids is 4. The van der Waals surface area contributed by atoms with Crippen LogP contribution in [0.15, 0.2) is 53.2 Å². The van der Waals surface area contributed by atoms with Crippen LogP contribution in [0.3, 0.4) is 0 Å². The molecule has 3 rings (SSSR count). The molecule has 10 nitrogen and oxygen atoms in total. The molecule has 2 heterocycles. The van der Waals surface area contributed by atoms with Gasteiger partial charge in [0, 0.05) is 31.0 Å². The van der Waals surface area contributed by atoms with E-state index in [1.165, 1.54) is 38.1 Å². The minimum Gasteiger partial charge on any atom is -0.486 e. The SMILES string of the molecule is C/C=C\C(=O)OCC(C)(C)C(=O)C(=O)N1CCCCC1C(=O)O.CC.CC(C)C(=O)COc1cc(F)cc(CCCc2ccco2)c1. The number of nitrogens with zero attached hydrogens (tertiary/aromatic N) is 1. The summed E-state index contributed by atoms with van der Waals surface area (Å²) in [6.07, 6.45) is 8.49. The van der Waals surface area contributed by atoms with Crippen LogP contribution in [0.4, 0.5) is 4.39 Å². The molecule has 260 valence electrons. The second-order valence-electron chi connectivity index (χ2n) is 11.8. The lowest BCUT2D eigenvalue weighted by molar-refractivity contribution is -0.159. The number of carboxylic acid groups (broad SMARTS) is 1. The molecule has 11 heteroatoms. The highest BCUT2D eigenvalue weighted by Gasteiger charge is 2.41. The number of halogens is 1. The van der Waals surface area contributed by atoms with Crippen molar-refractivity contribution in [1.29, 1.82) is 0 Å². The maximum atomic E-state index is 13.6. The second-order valence-corrected chi connectivity index (χ2v) is 11.8. The van der Waals surface area contributed by atoms with E-state index >= 15 is 0 Å². The summed E-state index contributed by atoms with van der Waals surface area (Å²) in [7, 11) is 0. The second kappa shape index (κ2) is 20.8. The van der Waals surface area contributed by atoms with E-state index in [1.807, 2.05) is 39.8 Å². The van der Waals surface area contributed by atoms with Crippen LogP contribution in [0.5, 0.6) is 5.75 Å². The number of aliphatic carboxylic acids is 1. The fraction of sp³-hybridized carbons (Fsp3) is 0.528. The number of carbonyl (C=O) groups is 5. The largest absolute Gasteiger partial charge is 0.486 e. The van der Waals surface area contributed by atoms with Gasteiger partial charge >= 0.3 is 11.9 Å². The number of ether oxygens (including phenoxy) is 2. The van der Waals surface area contributed by atoms with E-state index in [9.17, 15) is 33.5 Å². The van der Waals surface area contributed by atoms with Gasteiger partial charge in [-0.05, 0) is 82.7 Å². The van der Waals surface area contributed by atoms with Crippen molar-refractivity contribution in [3.8, 4) is 5.75 Å². The van der Waals surface area contributed by atoms with Crippen molar-refractivity contribution in [2.45, 2.75) is 93.0 Å². The summed E-state index contributed by atoms with van der Waals surface area (Å²) in [6.45, 7) is 12.3. The van der Waals surface area contributed by atoms with E-state index in [2.05, 4.69) is 0 Å². The van der Waals surface area contributed by atoms with Gasteiger partial charge in [0.2, 0.25) is 5.78 Å². The lowest BCUT2D eigenvalue weighted by Gasteiger charge is -2.34. The predicted octanol–water partition coefficient (Wildman–Crippen LogP) is 6.39. The van der Waals surface area contributed by atoms with Crippen LogP contribution < -0.4 is 4.74 Å². The number of ketones is 2. The van der Waals surface area contributed by atoms with Gasteiger partial charge < -0.3 is 23.9 Å². The van der Waals surface area contributed by atoms with Gasteiger partial charge in [0.15, 0.2) is 5.78 Å². The van der Waals surface area contributed by atoms with Gasteiger partial charge in [-0.25, -0.2) is 14.0 Å². The number of hydrogen-bond acceptors (Lipinski definition) is 8. The predicted molar refractivity (Wildman–Crippen MR) is 175 cm³/mol. The number of esters is 1. The van der Waals surface area contributed by atoms with E-state index in [-0.39, 0.29) is 37.3 Å². The van der Waals surface area contributed by atoms with Crippen LogP contribution in [-0.2, 0) is 41.6 Å². The van der Waals surface area contributed by atoms with Crippen LogP contribution in [0, 0.1) is 17.2 Å². The Balaban J connectivity index is 0.000000447. The van der Waals surface area contributed by atoms with Gasteiger partial charge in [-0.1, -0.05) is 33.8 Å². The Morgan fingerprint density at radius 1 is 1.11 bits per heavy atom. The number of amides is 1. The standard InChI is InChI=1S/C18H21FO3.C16H23NO6.C2H6/c1-13(2)18(20)12-22-17-10-14(9-15(19)11-17)5-3-6-16-7-4-8-21-16;1-4-7-12(18)23-10-16(2,3)13(19)14(20)17-9-6-5-8-11(17)15(21)22;1-2/h4,7-11,13H,3,5-6,12H2,1-2H3;4,7,11H,5-6,8-10H2,1-3H3,(H,21,22);1-2H3/b;7-4-;. The summed E-state index contributed by atoms with van der Waals surface area (Å²) in [4.78, 5) is 60.1. The number of furan rings is 1. The van der Waals surface area contributed by atoms with Crippen LogP contribution in [0.1, 0.15) is 85.5 Å². The zero-order valence-electron chi connectivity index (χ0n) is 28.7. The van der Waals surface area contributed by atoms with Crippen LogP contribution in [0.2, 0.25) is 0 Å². The summed E-state index contributed by atoms with van der Waals surface area (Å²) >= 11 is 0. The normalized spacial score (nSPS) is 14.4. The average Bonchev–Trinajstić information content (AvgIpc) is 3.57. The Kier molecular flexibility index (Phi) is 18.0. The molecule has 47 heavy (non-hydrogen) atoms. The molecular formula is C36H50FNO9. The molecule has 2 aromatic rings. The Morgan fingerprint density at radius 3 is 2.40 bits per heavy atom. The van der Waals surface area contributed by atoms with Crippen molar-refractivity contribution in [3.05, 3.63) is 65.9 Å². The first-order valence-electron chi connectivity index (χ1n) is 16.1. The molecule has 0 aliphatic carbocycles. The number of rotatable bonds is 14. The van der Waals surface area contributed by atoms with Crippen molar-refractivity contribution in [3.63, 3.8) is 0 Å². The van der Waals surface area contributed by atoms with Crippen LogP contribution in [-0.4, -0.2) is 65.2 Å². The summed E-state index contributed by atoms with van der Waals surface area (Å²) < 4.78 is 29.2. The van der Waals surface area contributed by atoms with Crippen molar-refractivity contribution in [1.82, 2.24) is 4.90 Å². The molecule has 1 aliphatic heterocycles. The molecule has 1 N–H and O–H groups in total. The minimum absolute atomic E-state index is 0.00336. The molecule has 1 atom stereocenters. The maximum Gasteiger partial charge on any atom is 0.330 e.